The highest BCUT2D eigenvalue weighted by Crippen LogP contribution is 2.34. The molecule has 0 spiro atoms. The molecule has 1 saturated carbocycles. The maximum absolute atomic E-state index is 11.7. The third-order valence-corrected chi connectivity index (χ3v) is 2.61. The molecule has 0 radical (unpaired) electrons. The molecule has 2 N–H and O–H groups in total. The van der Waals surface area contributed by atoms with Crippen LogP contribution in [-0.4, -0.2) is 16.4 Å². The van der Waals surface area contributed by atoms with E-state index in [4.69, 9.17) is 0 Å². The highest BCUT2D eigenvalue weighted by atomic mass is 16.1. The van der Waals surface area contributed by atoms with Crippen LogP contribution in [0.1, 0.15) is 35.7 Å². The first-order valence-corrected chi connectivity index (χ1v) is 4.57. The molecular formula is C10H14N2O. The fourth-order valence-corrected chi connectivity index (χ4v) is 1.34. The zero-order valence-corrected chi connectivity index (χ0v) is 7.98. The van der Waals surface area contributed by atoms with Gasteiger partial charge in [0.2, 0.25) is 0 Å². The van der Waals surface area contributed by atoms with Gasteiger partial charge in [-0.25, -0.2) is 0 Å². The van der Waals surface area contributed by atoms with Gasteiger partial charge in [0, 0.05) is 17.9 Å². The van der Waals surface area contributed by atoms with E-state index in [1.807, 2.05) is 13.1 Å². The lowest BCUT2D eigenvalue weighted by atomic mass is 10.2. The lowest BCUT2D eigenvalue weighted by molar-refractivity contribution is 0.0935. The van der Waals surface area contributed by atoms with Crippen molar-refractivity contribution in [2.45, 2.75) is 32.2 Å². The highest BCUT2D eigenvalue weighted by molar-refractivity contribution is 5.96. The van der Waals surface area contributed by atoms with Crippen LogP contribution in [0, 0.1) is 6.92 Å². The number of nitrogens with one attached hydrogen (secondary N) is 2. The second-order valence-corrected chi connectivity index (χ2v) is 4.07. The number of amides is 1. The van der Waals surface area contributed by atoms with Crippen LogP contribution < -0.4 is 5.32 Å². The largest absolute Gasteiger partial charge is 0.367 e. The Balaban J connectivity index is 2.09. The molecule has 1 aromatic rings. The summed E-state index contributed by atoms with van der Waals surface area (Å²) in [5.41, 5.74) is 1.83. The number of hydrogen-bond acceptors (Lipinski definition) is 1. The van der Waals surface area contributed by atoms with Gasteiger partial charge in [-0.1, -0.05) is 0 Å². The van der Waals surface area contributed by atoms with Gasteiger partial charge in [-0.05, 0) is 32.3 Å². The Morgan fingerprint density at radius 2 is 2.23 bits per heavy atom. The van der Waals surface area contributed by atoms with E-state index in [2.05, 4.69) is 17.2 Å². The molecule has 1 aliphatic rings. The molecule has 2 rings (SSSR count). The molecule has 3 heteroatoms. The Labute approximate surface area is 77.5 Å². The van der Waals surface area contributed by atoms with E-state index in [9.17, 15) is 4.79 Å². The van der Waals surface area contributed by atoms with Crippen LogP contribution in [-0.2, 0) is 0 Å². The number of carbonyl (C=O) groups is 1. The summed E-state index contributed by atoms with van der Waals surface area (Å²) in [4.78, 5) is 14.6. The summed E-state index contributed by atoms with van der Waals surface area (Å²) in [6, 6.07) is 0. The van der Waals surface area contributed by atoms with E-state index >= 15 is 0 Å². The van der Waals surface area contributed by atoms with E-state index in [-0.39, 0.29) is 11.4 Å². The number of carbonyl (C=O) groups excluding carboxylic acids is 1. The van der Waals surface area contributed by atoms with Gasteiger partial charge in [0.25, 0.3) is 5.91 Å². The zero-order valence-electron chi connectivity index (χ0n) is 7.98. The second-order valence-electron chi connectivity index (χ2n) is 4.07. The fraction of sp³-hybridized carbons (Fsp3) is 0.500. The second kappa shape index (κ2) is 2.62. The summed E-state index contributed by atoms with van der Waals surface area (Å²) in [6.45, 7) is 4.01. The number of aromatic nitrogens is 1. The lowest BCUT2D eigenvalue weighted by Crippen LogP contribution is -2.34. The lowest BCUT2D eigenvalue weighted by Gasteiger charge is -2.10. The Bertz CT molecular complexity index is 336. The number of H-pyrrole nitrogens is 1. The van der Waals surface area contributed by atoms with Crippen molar-refractivity contribution in [1.82, 2.24) is 10.3 Å². The smallest absolute Gasteiger partial charge is 0.253 e. The predicted molar refractivity (Wildman–Crippen MR) is 50.6 cm³/mol. The maximum Gasteiger partial charge on any atom is 0.253 e. The van der Waals surface area contributed by atoms with E-state index in [1.54, 1.807) is 6.20 Å². The molecule has 13 heavy (non-hydrogen) atoms. The third-order valence-electron chi connectivity index (χ3n) is 2.61. The molecule has 0 atom stereocenters. The van der Waals surface area contributed by atoms with Crippen LogP contribution in [0.5, 0.6) is 0 Å². The summed E-state index contributed by atoms with van der Waals surface area (Å²) in [6.07, 6.45) is 5.78. The molecule has 0 unspecified atom stereocenters. The van der Waals surface area contributed by atoms with E-state index in [0.29, 0.717) is 0 Å². The minimum absolute atomic E-state index is 0.0405. The van der Waals surface area contributed by atoms with Gasteiger partial charge < -0.3 is 10.3 Å². The van der Waals surface area contributed by atoms with Crippen LogP contribution in [0.15, 0.2) is 12.4 Å². The van der Waals surface area contributed by atoms with Crippen LogP contribution in [0.4, 0.5) is 0 Å². The molecule has 1 amide bonds. The summed E-state index contributed by atoms with van der Waals surface area (Å²) in [5, 5.41) is 3.01. The minimum atomic E-state index is 0.0405. The van der Waals surface area contributed by atoms with Crippen molar-refractivity contribution in [1.29, 1.82) is 0 Å². The Hall–Kier alpha value is -1.25. The molecule has 1 heterocycles. The SMILES string of the molecule is Cc1c[nH]cc1C(=O)NC1(C)CC1. The van der Waals surface area contributed by atoms with Gasteiger partial charge in [0.15, 0.2) is 0 Å². The van der Waals surface area contributed by atoms with Crippen molar-refractivity contribution in [3.63, 3.8) is 0 Å². The first-order valence-electron chi connectivity index (χ1n) is 4.57. The molecule has 0 aliphatic heterocycles. The normalized spacial score (nSPS) is 18.3. The molecule has 0 bridgehead atoms. The van der Waals surface area contributed by atoms with E-state index in [1.165, 1.54) is 0 Å². The molecular weight excluding hydrogens is 164 g/mol. The van der Waals surface area contributed by atoms with E-state index in [0.717, 1.165) is 24.0 Å². The van der Waals surface area contributed by atoms with Crippen LogP contribution in [0.2, 0.25) is 0 Å². The minimum Gasteiger partial charge on any atom is -0.367 e. The van der Waals surface area contributed by atoms with Crippen molar-refractivity contribution in [3.05, 3.63) is 23.5 Å². The topological polar surface area (TPSA) is 44.9 Å². The van der Waals surface area contributed by atoms with Crippen molar-refractivity contribution < 1.29 is 4.79 Å². The standard InChI is InChI=1S/C10H14N2O/c1-7-5-11-6-8(7)9(13)12-10(2)3-4-10/h5-6,11H,3-4H2,1-2H3,(H,12,13). The molecule has 1 fully saturated rings. The number of rotatable bonds is 2. The van der Waals surface area contributed by atoms with Crippen LogP contribution in [0.3, 0.4) is 0 Å². The number of hydrogen-bond donors (Lipinski definition) is 2. The molecule has 3 nitrogen and oxygen atoms in total. The van der Waals surface area contributed by atoms with Gasteiger partial charge >= 0.3 is 0 Å². The first-order chi connectivity index (χ1) is 6.11. The van der Waals surface area contributed by atoms with Gasteiger partial charge in [0.1, 0.15) is 0 Å². The predicted octanol–water partition coefficient (Wildman–Crippen LogP) is 1.61. The fourth-order valence-electron chi connectivity index (χ4n) is 1.34. The third kappa shape index (κ3) is 1.59. The van der Waals surface area contributed by atoms with Gasteiger partial charge in [-0.2, -0.15) is 0 Å². The number of aryl methyl sites for hydroxylation is 1. The number of aromatic amines is 1. The van der Waals surface area contributed by atoms with Crippen molar-refractivity contribution in [2.75, 3.05) is 0 Å². The maximum atomic E-state index is 11.7. The molecule has 0 saturated heterocycles. The average molecular weight is 178 g/mol. The van der Waals surface area contributed by atoms with E-state index < -0.39 is 0 Å². The van der Waals surface area contributed by atoms with Crippen molar-refractivity contribution in [2.24, 2.45) is 0 Å². The van der Waals surface area contributed by atoms with Gasteiger partial charge in [0.05, 0.1) is 5.56 Å². The van der Waals surface area contributed by atoms with Gasteiger partial charge in [-0.15, -0.1) is 0 Å². The molecule has 1 aliphatic carbocycles. The molecule has 1 aromatic heterocycles. The van der Waals surface area contributed by atoms with Crippen LogP contribution >= 0.6 is 0 Å². The zero-order chi connectivity index (χ0) is 9.47. The first kappa shape index (κ1) is 8.35. The van der Waals surface area contributed by atoms with Crippen molar-refractivity contribution in [3.8, 4) is 0 Å². The summed E-state index contributed by atoms with van der Waals surface area (Å²) >= 11 is 0. The Morgan fingerprint density at radius 1 is 1.54 bits per heavy atom. The summed E-state index contributed by atoms with van der Waals surface area (Å²) in [7, 11) is 0. The summed E-state index contributed by atoms with van der Waals surface area (Å²) in [5.74, 6) is 0.0405. The molecule has 70 valence electrons. The average Bonchev–Trinajstić information content (AvgIpc) is 2.63. The quantitative estimate of drug-likeness (QED) is 0.710. The summed E-state index contributed by atoms with van der Waals surface area (Å²) < 4.78 is 0. The highest BCUT2D eigenvalue weighted by Gasteiger charge is 2.38. The Kier molecular flexibility index (Phi) is 1.68. The van der Waals surface area contributed by atoms with Crippen molar-refractivity contribution >= 4 is 5.91 Å². The Morgan fingerprint density at radius 3 is 2.69 bits per heavy atom. The monoisotopic (exact) mass is 178 g/mol. The van der Waals surface area contributed by atoms with Gasteiger partial charge in [-0.3, -0.25) is 4.79 Å². The molecule has 0 aromatic carbocycles. The van der Waals surface area contributed by atoms with Crippen LogP contribution in [0.25, 0.3) is 0 Å².